The zero-order chi connectivity index (χ0) is 16.5. The van der Waals surface area contributed by atoms with Crippen molar-refractivity contribution in [3.8, 4) is 0 Å². The first-order valence-corrected chi connectivity index (χ1v) is 8.15. The Hall–Kier alpha value is -2.83. The topological polar surface area (TPSA) is 87.0 Å². The first-order valence-electron chi connectivity index (χ1n) is 8.15. The lowest BCUT2D eigenvalue weighted by molar-refractivity contribution is 0.160. The van der Waals surface area contributed by atoms with Gasteiger partial charge >= 0.3 is 6.03 Å². The highest BCUT2D eigenvalue weighted by Crippen LogP contribution is 2.29. The van der Waals surface area contributed by atoms with E-state index in [0.29, 0.717) is 17.2 Å². The number of nitrogens with zero attached hydrogens (tertiary/aromatic N) is 3. The van der Waals surface area contributed by atoms with Crippen LogP contribution in [0, 0.1) is 6.92 Å². The molecule has 0 radical (unpaired) electrons. The van der Waals surface area contributed by atoms with Gasteiger partial charge in [0.2, 0.25) is 0 Å². The molecule has 7 nitrogen and oxygen atoms in total. The van der Waals surface area contributed by atoms with E-state index >= 15 is 0 Å². The van der Waals surface area contributed by atoms with E-state index in [-0.39, 0.29) is 12.1 Å². The number of oxazole rings is 1. The SMILES string of the molecule is Cc1nc2ccc(NC(=O)N3CCCCC3c3ncc[nH]3)cc2o1. The van der Waals surface area contributed by atoms with Gasteiger partial charge in [0.15, 0.2) is 11.5 Å². The molecule has 124 valence electrons. The second-order valence-corrected chi connectivity index (χ2v) is 6.02. The molecule has 1 fully saturated rings. The summed E-state index contributed by atoms with van der Waals surface area (Å²) >= 11 is 0. The number of piperidine rings is 1. The highest BCUT2D eigenvalue weighted by Gasteiger charge is 2.29. The number of aryl methyl sites for hydroxylation is 1. The predicted octanol–water partition coefficient (Wildman–Crippen LogP) is 3.62. The molecule has 0 saturated carbocycles. The summed E-state index contributed by atoms with van der Waals surface area (Å²) in [4.78, 5) is 26.3. The number of benzene rings is 1. The van der Waals surface area contributed by atoms with Crippen LogP contribution in [-0.2, 0) is 0 Å². The Morgan fingerprint density at radius 2 is 2.33 bits per heavy atom. The van der Waals surface area contributed by atoms with Crippen molar-refractivity contribution in [2.75, 3.05) is 11.9 Å². The molecule has 7 heteroatoms. The number of aromatic amines is 1. The van der Waals surface area contributed by atoms with Gasteiger partial charge in [-0.3, -0.25) is 0 Å². The van der Waals surface area contributed by atoms with Gasteiger partial charge in [0.25, 0.3) is 0 Å². The fourth-order valence-electron chi connectivity index (χ4n) is 3.23. The number of carbonyl (C=O) groups excluding carboxylic acids is 1. The highest BCUT2D eigenvalue weighted by atomic mass is 16.3. The molecule has 0 spiro atoms. The van der Waals surface area contributed by atoms with E-state index in [1.807, 2.05) is 17.0 Å². The van der Waals surface area contributed by atoms with Crippen LogP contribution in [0.1, 0.15) is 37.0 Å². The molecule has 3 heterocycles. The first-order chi connectivity index (χ1) is 11.7. The van der Waals surface area contributed by atoms with Gasteiger partial charge in [0.05, 0.1) is 6.04 Å². The zero-order valence-electron chi connectivity index (χ0n) is 13.5. The van der Waals surface area contributed by atoms with Crippen molar-refractivity contribution in [1.29, 1.82) is 0 Å². The summed E-state index contributed by atoms with van der Waals surface area (Å²) < 4.78 is 5.52. The van der Waals surface area contributed by atoms with Gasteiger partial charge in [-0.15, -0.1) is 0 Å². The molecular formula is C17H19N5O2. The van der Waals surface area contributed by atoms with Crippen molar-refractivity contribution in [2.45, 2.75) is 32.2 Å². The number of hydrogen-bond donors (Lipinski definition) is 2. The summed E-state index contributed by atoms with van der Waals surface area (Å²) in [6.45, 7) is 2.53. The van der Waals surface area contributed by atoms with Gasteiger partial charge in [0, 0.05) is 37.6 Å². The Kier molecular flexibility index (Phi) is 3.68. The highest BCUT2D eigenvalue weighted by molar-refractivity contribution is 5.91. The quantitative estimate of drug-likeness (QED) is 0.753. The smallest absolute Gasteiger partial charge is 0.322 e. The zero-order valence-corrected chi connectivity index (χ0v) is 13.5. The van der Waals surface area contributed by atoms with Crippen molar-refractivity contribution in [3.63, 3.8) is 0 Å². The number of rotatable bonds is 2. The monoisotopic (exact) mass is 325 g/mol. The van der Waals surface area contributed by atoms with Crippen molar-refractivity contribution in [3.05, 3.63) is 42.3 Å². The molecule has 4 rings (SSSR count). The largest absolute Gasteiger partial charge is 0.441 e. The molecule has 3 aromatic rings. The van der Waals surface area contributed by atoms with Crippen LogP contribution in [0.2, 0.25) is 0 Å². The van der Waals surface area contributed by atoms with E-state index in [4.69, 9.17) is 4.42 Å². The number of fused-ring (bicyclic) bond motifs is 1. The molecule has 1 aliphatic heterocycles. The molecule has 2 amide bonds. The standard InChI is InChI=1S/C17H19N5O2/c1-11-20-13-6-5-12(10-15(13)24-11)21-17(23)22-9-3-2-4-14(22)16-18-7-8-19-16/h5-8,10,14H,2-4,9H2,1H3,(H,18,19)(H,21,23). The summed E-state index contributed by atoms with van der Waals surface area (Å²) in [7, 11) is 0. The minimum atomic E-state index is -0.119. The van der Waals surface area contributed by atoms with E-state index in [1.165, 1.54) is 0 Å². The first kappa shape index (κ1) is 14.7. The molecule has 1 aliphatic rings. The summed E-state index contributed by atoms with van der Waals surface area (Å²) in [5, 5.41) is 2.96. The number of amides is 2. The molecule has 0 bridgehead atoms. The van der Waals surface area contributed by atoms with Crippen LogP contribution < -0.4 is 5.32 Å². The number of urea groups is 1. The fraction of sp³-hybridized carbons (Fsp3) is 0.353. The van der Waals surface area contributed by atoms with Crippen LogP contribution in [0.5, 0.6) is 0 Å². The maximum atomic E-state index is 12.7. The van der Waals surface area contributed by atoms with Crippen molar-refractivity contribution < 1.29 is 9.21 Å². The van der Waals surface area contributed by atoms with E-state index in [9.17, 15) is 4.79 Å². The van der Waals surface area contributed by atoms with Crippen LogP contribution in [-0.4, -0.2) is 32.4 Å². The Bertz CT molecular complexity index is 855. The summed E-state index contributed by atoms with van der Waals surface area (Å²) in [6, 6.07) is 5.37. The van der Waals surface area contributed by atoms with Gasteiger partial charge in [-0.05, 0) is 31.4 Å². The summed E-state index contributed by atoms with van der Waals surface area (Å²) in [5.74, 6) is 1.45. The normalized spacial score (nSPS) is 18.0. The maximum absolute atomic E-state index is 12.7. The van der Waals surface area contributed by atoms with E-state index in [2.05, 4.69) is 20.3 Å². The minimum Gasteiger partial charge on any atom is -0.441 e. The van der Waals surface area contributed by atoms with Crippen LogP contribution in [0.25, 0.3) is 11.1 Å². The predicted molar refractivity (Wildman–Crippen MR) is 89.7 cm³/mol. The van der Waals surface area contributed by atoms with E-state index in [1.54, 1.807) is 25.4 Å². The van der Waals surface area contributed by atoms with Crippen molar-refractivity contribution in [1.82, 2.24) is 19.9 Å². The number of carbonyl (C=O) groups is 1. The fourth-order valence-corrected chi connectivity index (χ4v) is 3.23. The van der Waals surface area contributed by atoms with Gasteiger partial charge in [0.1, 0.15) is 11.3 Å². The molecule has 1 saturated heterocycles. The lowest BCUT2D eigenvalue weighted by Gasteiger charge is -2.34. The third kappa shape index (κ3) is 2.73. The molecule has 2 aromatic heterocycles. The molecule has 2 N–H and O–H groups in total. The molecule has 1 unspecified atom stereocenters. The number of aromatic nitrogens is 3. The molecule has 1 aromatic carbocycles. The number of hydrogen-bond acceptors (Lipinski definition) is 4. The second kappa shape index (κ2) is 5.99. The van der Waals surface area contributed by atoms with Crippen LogP contribution in [0.4, 0.5) is 10.5 Å². The van der Waals surface area contributed by atoms with Crippen molar-refractivity contribution >= 4 is 22.8 Å². The number of anilines is 1. The Labute approximate surface area is 139 Å². The number of imidazole rings is 1. The van der Waals surface area contributed by atoms with Gasteiger partial charge in [-0.25, -0.2) is 14.8 Å². The maximum Gasteiger partial charge on any atom is 0.322 e. The Morgan fingerprint density at radius 3 is 3.17 bits per heavy atom. The molecular weight excluding hydrogens is 306 g/mol. The van der Waals surface area contributed by atoms with Crippen LogP contribution in [0.15, 0.2) is 35.0 Å². The Balaban J connectivity index is 1.54. The average molecular weight is 325 g/mol. The molecule has 24 heavy (non-hydrogen) atoms. The minimum absolute atomic E-state index is 0.00925. The lowest BCUT2D eigenvalue weighted by Crippen LogP contribution is -2.41. The summed E-state index contributed by atoms with van der Waals surface area (Å²) in [5.41, 5.74) is 2.16. The molecule has 1 atom stereocenters. The lowest BCUT2D eigenvalue weighted by atomic mass is 10.0. The van der Waals surface area contributed by atoms with Gasteiger partial charge in [-0.1, -0.05) is 0 Å². The van der Waals surface area contributed by atoms with Crippen LogP contribution >= 0.6 is 0 Å². The van der Waals surface area contributed by atoms with Gasteiger partial charge in [-0.2, -0.15) is 0 Å². The third-order valence-corrected chi connectivity index (χ3v) is 4.35. The van der Waals surface area contributed by atoms with E-state index < -0.39 is 0 Å². The third-order valence-electron chi connectivity index (χ3n) is 4.35. The van der Waals surface area contributed by atoms with E-state index in [0.717, 1.165) is 37.1 Å². The molecule has 0 aliphatic carbocycles. The van der Waals surface area contributed by atoms with Crippen LogP contribution in [0.3, 0.4) is 0 Å². The summed E-state index contributed by atoms with van der Waals surface area (Å²) in [6.07, 6.45) is 6.53. The van der Waals surface area contributed by atoms with Crippen molar-refractivity contribution in [2.24, 2.45) is 0 Å². The van der Waals surface area contributed by atoms with Gasteiger partial charge < -0.3 is 19.6 Å². The number of likely N-dealkylation sites (tertiary alicyclic amines) is 1. The number of nitrogens with one attached hydrogen (secondary N) is 2. The average Bonchev–Trinajstić information content (AvgIpc) is 3.23. The second-order valence-electron chi connectivity index (χ2n) is 6.02. The number of H-pyrrole nitrogens is 1. The Morgan fingerprint density at radius 1 is 1.42 bits per heavy atom.